The molecule has 1 saturated heterocycles. The third-order valence-corrected chi connectivity index (χ3v) is 3.08. The predicted molar refractivity (Wildman–Crippen MR) is 66.0 cm³/mol. The minimum atomic E-state index is 0.204. The summed E-state index contributed by atoms with van der Waals surface area (Å²) >= 11 is 0. The Labute approximate surface area is 104 Å². The first-order valence-corrected chi connectivity index (χ1v) is 6.09. The number of nitrogens with zero attached hydrogens (tertiary/aromatic N) is 4. The zero-order valence-corrected chi connectivity index (χ0v) is 10.3. The molecule has 1 fully saturated rings. The molecule has 7 nitrogen and oxygen atoms in total. The van der Waals surface area contributed by atoms with Crippen LogP contribution in [0, 0.1) is 6.92 Å². The molecule has 0 radical (unpaired) electrons. The van der Waals surface area contributed by atoms with Crippen molar-refractivity contribution in [2.24, 2.45) is 5.73 Å². The molecule has 0 aromatic carbocycles. The maximum atomic E-state index is 5.95. The van der Waals surface area contributed by atoms with E-state index < -0.39 is 0 Å². The smallest absolute Gasteiger partial charge is 0.245 e. The quantitative estimate of drug-likeness (QED) is 0.811. The van der Waals surface area contributed by atoms with Gasteiger partial charge >= 0.3 is 0 Å². The summed E-state index contributed by atoms with van der Waals surface area (Å²) in [6.45, 7) is 3.59. The summed E-state index contributed by atoms with van der Waals surface area (Å²) in [7, 11) is 0. The van der Waals surface area contributed by atoms with Gasteiger partial charge in [0.1, 0.15) is 5.76 Å². The van der Waals surface area contributed by atoms with Crippen molar-refractivity contribution >= 4 is 5.95 Å². The Morgan fingerprint density at radius 1 is 1.56 bits per heavy atom. The molecule has 0 saturated carbocycles. The molecule has 1 unspecified atom stereocenters. The second-order valence-corrected chi connectivity index (χ2v) is 4.66. The van der Waals surface area contributed by atoms with E-state index in [2.05, 4.69) is 25.2 Å². The molecule has 2 aromatic heterocycles. The monoisotopic (exact) mass is 248 g/mol. The van der Waals surface area contributed by atoms with Gasteiger partial charge in [-0.25, -0.2) is 0 Å². The van der Waals surface area contributed by atoms with E-state index in [9.17, 15) is 0 Å². The van der Waals surface area contributed by atoms with E-state index in [0.717, 1.165) is 31.7 Å². The summed E-state index contributed by atoms with van der Waals surface area (Å²) in [5, 5.41) is 11.0. The second-order valence-electron chi connectivity index (χ2n) is 4.66. The van der Waals surface area contributed by atoms with Crippen LogP contribution in [0.2, 0.25) is 0 Å². The van der Waals surface area contributed by atoms with Crippen LogP contribution >= 0.6 is 0 Å². The van der Waals surface area contributed by atoms with Crippen LogP contribution in [-0.4, -0.2) is 39.5 Å². The molecule has 2 aromatic rings. The average molecular weight is 248 g/mol. The van der Waals surface area contributed by atoms with Crippen LogP contribution in [0.15, 0.2) is 10.6 Å². The molecule has 0 spiro atoms. The summed E-state index contributed by atoms with van der Waals surface area (Å²) < 4.78 is 5.02. The summed E-state index contributed by atoms with van der Waals surface area (Å²) in [4.78, 5) is 6.53. The van der Waals surface area contributed by atoms with Gasteiger partial charge in [0.25, 0.3) is 0 Å². The van der Waals surface area contributed by atoms with E-state index in [1.165, 1.54) is 0 Å². The number of hydrogen-bond acceptors (Lipinski definition) is 6. The molecule has 1 atom stereocenters. The lowest BCUT2D eigenvalue weighted by molar-refractivity contribution is 0.399. The fraction of sp³-hybridized carbons (Fsp3) is 0.545. The first-order chi connectivity index (χ1) is 8.72. The van der Waals surface area contributed by atoms with Crippen LogP contribution in [-0.2, 0) is 0 Å². The van der Waals surface area contributed by atoms with Gasteiger partial charge in [-0.2, -0.15) is 4.98 Å². The maximum absolute atomic E-state index is 5.95. The topological polar surface area (TPSA) is 96.9 Å². The van der Waals surface area contributed by atoms with E-state index in [4.69, 9.17) is 10.3 Å². The minimum absolute atomic E-state index is 0.204. The van der Waals surface area contributed by atoms with E-state index in [1.54, 1.807) is 0 Å². The molecule has 3 heterocycles. The van der Waals surface area contributed by atoms with Gasteiger partial charge in [-0.1, -0.05) is 5.16 Å². The van der Waals surface area contributed by atoms with Crippen LogP contribution in [0.3, 0.4) is 0 Å². The number of aromatic nitrogens is 4. The highest BCUT2D eigenvalue weighted by Crippen LogP contribution is 2.19. The number of H-pyrrole nitrogens is 1. The van der Waals surface area contributed by atoms with Crippen molar-refractivity contribution in [1.82, 2.24) is 20.3 Å². The lowest BCUT2D eigenvalue weighted by Gasteiger charge is -2.29. The number of aryl methyl sites for hydroxylation is 1. The Morgan fingerprint density at radius 2 is 2.44 bits per heavy atom. The molecule has 0 bridgehead atoms. The van der Waals surface area contributed by atoms with Gasteiger partial charge in [-0.05, 0) is 19.8 Å². The highest BCUT2D eigenvalue weighted by atomic mass is 16.5. The van der Waals surface area contributed by atoms with Crippen molar-refractivity contribution in [1.29, 1.82) is 0 Å². The zero-order valence-electron chi connectivity index (χ0n) is 10.3. The summed E-state index contributed by atoms with van der Waals surface area (Å²) in [5.41, 5.74) is 6.62. The van der Waals surface area contributed by atoms with E-state index >= 15 is 0 Å². The number of nitrogens with two attached hydrogens (primary N) is 1. The van der Waals surface area contributed by atoms with E-state index in [0.29, 0.717) is 17.5 Å². The molecule has 1 aliphatic rings. The van der Waals surface area contributed by atoms with Gasteiger partial charge in [0, 0.05) is 25.2 Å². The number of aromatic amines is 1. The average Bonchev–Trinajstić information content (AvgIpc) is 2.97. The molecular weight excluding hydrogens is 232 g/mol. The molecule has 96 valence electrons. The fourth-order valence-corrected chi connectivity index (χ4v) is 2.18. The summed E-state index contributed by atoms with van der Waals surface area (Å²) in [6, 6.07) is 2.03. The standard InChI is InChI=1S/C11H16N6O/c1-7-5-9(16-18-7)10-13-11(15-14-10)17-4-2-3-8(12)6-17/h5,8H,2-4,6,12H2,1H3,(H,13,14,15). The van der Waals surface area contributed by atoms with Gasteiger partial charge < -0.3 is 15.2 Å². The minimum Gasteiger partial charge on any atom is -0.361 e. The summed E-state index contributed by atoms with van der Waals surface area (Å²) in [6.07, 6.45) is 2.14. The third kappa shape index (κ3) is 2.08. The Morgan fingerprint density at radius 3 is 3.17 bits per heavy atom. The van der Waals surface area contributed by atoms with Gasteiger partial charge in [0.2, 0.25) is 5.95 Å². The van der Waals surface area contributed by atoms with Crippen LogP contribution < -0.4 is 10.6 Å². The highest BCUT2D eigenvalue weighted by Gasteiger charge is 2.20. The van der Waals surface area contributed by atoms with Gasteiger partial charge in [0.15, 0.2) is 11.5 Å². The van der Waals surface area contributed by atoms with Crippen molar-refractivity contribution in [3.05, 3.63) is 11.8 Å². The zero-order chi connectivity index (χ0) is 12.5. The third-order valence-electron chi connectivity index (χ3n) is 3.08. The molecular formula is C11H16N6O. The van der Waals surface area contributed by atoms with E-state index in [-0.39, 0.29) is 6.04 Å². The Balaban J connectivity index is 1.80. The van der Waals surface area contributed by atoms with Crippen LogP contribution in [0.1, 0.15) is 18.6 Å². The normalized spacial score (nSPS) is 20.3. The number of anilines is 1. The number of rotatable bonds is 2. The highest BCUT2D eigenvalue weighted by molar-refractivity contribution is 5.50. The molecule has 3 N–H and O–H groups in total. The molecule has 7 heteroatoms. The first-order valence-electron chi connectivity index (χ1n) is 6.09. The molecule has 3 rings (SSSR count). The van der Waals surface area contributed by atoms with Crippen LogP contribution in [0.4, 0.5) is 5.95 Å². The van der Waals surface area contributed by atoms with Crippen molar-refractivity contribution in [3.8, 4) is 11.5 Å². The lowest BCUT2D eigenvalue weighted by Crippen LogP contribution is -2.43. The SMILES string of the molecule is Cc1cc(-c2nc(N3CCCC(N)C3)n[nH]2)no1. The summed E-state index contributed by atoms with van der Waals surface area (Å²) in [5.74, 6) is 2.06. The molecule has 0 aliphatic carbocycles. The van der Waals surface area contributed by atoms with Crippen molar-refractivity contribution in [3.63, 3.8) is 0 Å². The molecule has 1 aliphatic heterocycles. The van der Waals surface area contributed by atoms with Crippen LogP contribution in [0.5, 0.6) is 0 Å². The van der Waals surface area contributed by atoms with E-state index in [1.807, 2.05) is 13.0 Å². The molecule has 18 heavy (non-hydrogen) atoms. The first kappa shape index (κ1) is 11.2. The lowest BCUT2D eigenvalue weighted by atomic mass is 10.1. The van der Waals surface area contributed by atoms with Gasteiger partial charge in [-0.15, -0.1) is 5.10 Å². The maximum Gasteiger partial charge on any atom is 0.245 e. The fourth-order valence-electron chi connectivity index (χ4n) is 2.18. The van der Waals surface area contributed by atoms with Crippen molar-refractivity contribution in [2.75, 3.05) is 18.0 Å². The van der Waals surface area contributed by atoms with Gasteiger partial charge in [0.05, 0.1) is 0 Å². The Kier molecular flexibility index (Phi) is 2.75. The Hall–Kier alpha value is -1.89. The van der Waals surface area contributed by atoms with Crippen molar-refractivity contribution < 1.29 is 4.52 Å². The van der Waals surface area contributed by atoms with Crippen molar-refractivity contribution in [2.45, 2.75) is 25.8 Å². The second kappa shape index (κ2) is 4.41. The number of nitrogens with one attached hydrogen (secondary N) is 1. The number of piperidine rings is 1. The molecule has 0 amide bonds. The number of hydrogen-bond donors (Lipinski definition) is 2. The Bertz CT molecular complexity index is 533. The van der Waals surface area contributed by atoms with Gasteiger partial charge in [-0.3, -0.25) is 5.10 Å². The van der Waals surface area contributed by atoms with Crippen LogP contribution in [0.25, 0.3) is 11.5 Å². The predicted octanol–water partition coefficient (Wildman–Crippen LogP) is 0.696. The largest absolute Gasteiger partial charge is 0.361 e.